The van der Waals surface area contributed by atoms with Crippen LogP contribution in [0.3, 0.4) is 0 Å². The van der Waals surface area contributed by atoms with E-state index >= 15 is 9.59 Å². The molecular weight excluding hydrogens is 813 g/mol. The van der Waals surface area contributed by atoms with Crippen LogP contribution in [0.15, 0.2) is 158 Å². The molecule has 0 bridgehead atoms. The highest BCUT2D eigenvalue weighted by Gasteiger charge is 2.64. The third-order valence-electron chi connectivity index (χ3n) is 11.5. The second-order valence-corrected chi connectivity index (χ2v) is 15.6. The maximum atomic E-state index is 15.0. The number of para-hydroxylation sites is 2. The average molecular weight is 863 g/mol. The Morgan fingerprint density at radius 2 is 0.766 bits per heavy atom. The molecule has 64 heavy (non-hydrogen) atoms. The molecule has 6 aromatic carbocycles. The number of amides is 2. The Morgan fingerprint density at radius 1 is 0.422 bits per heavy atom. The number of methoxy groups -OCH3 is 2. The third kappa shape index (κ3) is 11.1. The van der Waals surface area contributed by atoms with Crippen molar-refractivity contribution in [3.63, 3.8) is 0 Å². The van der Waals surface area contributed by atoms with Crippen LogP contribution < -0.4 is 18.9 Å². The normalized spacial score (nSPS) is 16.4. The molecule has 0 spiro atoms. The standard InChI is InChI=1S/C52H50N2O10/c1-61-43-17-9-11-35(31-43)27-29-53(33-37-19-23-41(24-20-37)63-39-13-5-3-6-14-39)49(55)45-46(48(52(59)60)47(45)51(57)58)50(56)54(30-28-36-12-10-18-44(32-36)62-2)34-38-21-25-42(26-22-38)64-40-15-7-4-8-16-40/h3-26,31-32,45-48H,27-30,33-34H2,1-2H3,(H,57,58)(H,59,60). The summed E-state index contributed by atoms with van der Waals surface area (Å²) in [6.07, 6.45) is 0.750. The first-order valence-electron chi connectivity index (χ1n) is 21.0. The molecule has 0 radical (unpaired) electrons. The number of ether oxygens (including phenoxy) is 4. The summed E-state index contributed by atoms with van der Waals surface area (Å²) < 4.78 is 22.8. The van der Waals surface area contributed by atoms with Gasteiger partial charge in [0.1, 0.15) is 34.5 Å². The molecule has 7 rings (SSSR count). The topological polar surface area (TPSA) is 152 Å². The quantitative estimate of drug-likeness (QED) is 0.0762. The number of aliphatic carboxylic acids is 2. The van der Waals surface area contributed by atoms with Gasteiger partial charge in [0.05, 0.1) is 37.9 Å². The lowest BCUT2D eigenvalue weighted by atomic mass is 9.55. The number of carboxylic acids is 2. The maximum Gasteiger partial charge on any atom is 0.308 e. The molecule has 2 N–H and O–H groups in total. The number of rotatable bonds is 20. The predicted octanol–water partition coefficient (Wildman–Crippen LogP) is 8.78. The van der Waals surface area contributed by atoms with Crippen molar-refractivity contribution in [1.82, 2.24) is 9.80 Å². The minimum absolute atomic E-state index is 0.0624. The van der Waals surface area contributed by atoms with Gasteiger partial charge in [-0.05, 0) is 108 Å². The fourth-order valence-electron chi connectivity index (χ4n) is 8.13. The van der Waals surface area contributed by atoms with Gasteiger partial charge in [-0.15, -0.1) is 0 Å². The largest absolute Gasteiger partial charge is 0.497 e. The van der Waals surface area contributed by atoms with Crippen LogP contribution in [0.25, 0.3) is 0 Å². The summed E-state index contributed by atoms with van der Waals surface area (Å²) in [5.41, 5.74) is 3.19. The number of nitrogens with zero attached hydrogens (tertiary/aromatic N) is 2. The minimum atomic E-state index is -1.64. The van der Waals surface area contributed by atoms with Crippen molar-refractivity contribution in [2.24, 2.45) is 23.7 Å². The molecule has 2 amide bonds. The van der Waals surface area contributed by atoms with E-state index in [1.807, 2.05) is 133 Å². The van der Waals surface area contributed by atoms with Crippen molar-refractivity contribution < 1.29 is 48.3 Å². The first-order valence-corrected chi connectivity index (χ1v) is 21.0. The summed E-state index contributed by atoms with van der Waals surface area (Å²) in [6.45, 7) is 0.416. The van der Waals surface area contributed by atoms with Crippen LogP contribution >= 0.6 is 0 Å². The zero-order chi connectivity index (χ0) is 45.0. The van der Waals surface area contributed by atoms with Gasteiger partial charge in [-0.1, -0.05) is 84.9 Å². The molecule has 0 aliphatic heterocycles. The van der Waals surface area contributed by atoms with E-state index in [1.54, 1.807) is 38.5 Å². The number of hydrogen-bond acceptors (Lipinski definition) is 8. The summed E-state index contributed by atoms with van der Waals surface area (Å²) >= 11 is 0. The Bertz CT molecular complexity index is 2340. The Kier molecular flexibility index (Phi) is 14.6. The van der Waals surface area contributed by atoms with Gasteiger partial charge in [0.25, 0.3) is 0 Å². The van der Waals surface area contributed by atoms with Gasteiger partial charge in [0.2, 0.25) is 11.8 Å². The number of carbonyl (C=O) groups is 4. The zero-order valence-electron chi connectivity index (χ0n) is 35.6. The molecule has 328 valence electrons. The van der Waals surface area contributed by atoms with Crippen LogP contribution in [0.2, 0.25) is 0 Å². The van der Waals surface area contributed by atoms with Gasteiger partial charge in [0, 0.05) is 26.2 Å². The van der Waals surface area contributed by atoms with E-state index in [9.17, 15) is 19.8 Å². The Hall–Kier alpha value is -7.60. The molecule has 12 nitrogen and oxygen atoms in total. The molecule has 12 heteroatoms. The lowest BCUT2D eigenvalue weighted by Gasteiger charge is -2.48. The van der Waals surface area contributed by atoms with E-state index in [4.69, 9.17) is 18.9 Å². The summed E-state index contributed by atoms with van der Waals surface area (Å²) in [4.78, 5) is 59.1. The highest BCUT2D eigenvalue weighted by atomic mass is 16.5. The smallest absolute Gasteiger partial charge is 0.308 e. The Morgan fingerprint density at radius 3 is 1.11 bits per heavy atom. The number of benzene rings is 6. The lowest BCUT2D eigenvalue weighted by Crippen LogP contribution is -2.64. The van der Waals surface area contributed by atoms with Crippen LogP contribution in [0, 0.1) is 23.7 Å². The van der Waals surface area contributed by atoms with Crippen LogP contribution in [-0.4, -0.2) is 71.1 Å². The van der Waals surface area contributed by atoms with Gasteiger partial charge < -0.3 is 39.0 Å². The van der Waals surface area contributed by atoms with Crippen molar-refractivity contribution in [2.75, 3.05) is 27.3 Å². The van der Waals surface area contributed by atoms with Crippen molar-refractivity contribution in [2.45, 2.75) is 25.9 Å². The second kappa shape index (κ2) is 21.0. The van der Waals surface area contributed by atoms with Crippen LogP contribution in [-0.2, 0) is 45.1 Å². The molecule has 1 aliphatic carbocycles. The number of carboxylic acid groups (broad SMARTS) is 2. The fraction of sp³-hybridized carbons (Fsp3) is 0.231. The molecule has 0 heterocycles. The second-order valence-electron chi connectivity index (χ2n) is 15.6. The van der Waals surface area contributed by atoms with Gasteiger partial charge in [0.15, 0.2) is 0 Å². The maximum absolute atomic E-state index is 15.0. The van der Waals surface area contributed by atoms with Gasteiger partial charge in [-0.3, -0.25) is 19.2 Å². The van der Waals surface area contributed by atoms with Crippen molar-refractivity contribution in [3.8, 4) is 34.5 Å². The number of hydrogen-bond donors (Lipinski definition) is 2. The van der Waals surface area contributed by atoms with E-state index in [-0.39, 0.29) is 26.2 Å². The fourth-order valence-corrected chi connectivity index (χ4v) is 8.13. The molecular formula is C52H50N2O10. The summed E-state index contributed by atoms with van der Waals surface area (Å²) in [5.74, 6) is -6.61. The number of carbonyl (C=O) groups excluding carboxylic acids is 2. The van der Waals surface area contributed by atoms with Gasteiger partial charge >= 0.3 is 11.9 Å². The SMILES string of the molecule is COc1cccc(CCN(Cc2ccc(Oc3ccccc3)cc2)C(=O)C2C(C(=O)O)C(C(=O)O)C2C(=O)N(CCc2cccc(OC)c2)Cc2ccc(Oc3ccccc3)cc2)c1. The predicted molar refractivity (Wildman–Crippen MR) is 239 cm³/mol. The highest BCUT2D eigenvalue weighted by molar-refractivity contribution is 5.99. The molecule has 1 fully saturated rings. The van der Waals surface area contributed by atoms with Crippen LogP contribution in [0.1, 0.15) is 22.3 Å². The first kappa shape index (κ1) is 44.5. The van der Waals surface area contributed by atoms with Crippen molar-refractivity contribution >= 4 is 23.8 Å². The average Bonchev–Trinajstić information content (AvgIpc) is 3.30. The molecule has 0 saturated heterocycles. The van der Waals surface area contributed by atoms with Gasteiger partial charge in [-0.2, -0.15) is 0 Å². The molecule has 4 atom stereocenters. The molecule has 1 aliphatic rings. The zero-order valence-corrected chi connectivity index (χ0v) is 35.6. The van der Waals surface area contributed by atoms with E-state index in [0.29, 0.717) is 47.3 Å². The van der Waals surface area contributed by atoms with E-state index < -0.39 is 47.4 Å². The Labute approximate surface area is 372 Å². The van der Waals surface area contributed by atoms with Crippen molar-refractivity contribution in [1.29, 1.82) is 0 Å². The third-order valence-corrected chi connectivity index (χ3v) is 11.5. The molecule has 4 unspecified atom stereocenters. The highest BCUT2D eigenvalue weighted by Crippen LogP contribution is 2.49. The minimum Gasteiger partial charge on any atom is -0.497 e. The van der Waals surface area contributed by atoms with Crippen LogP contribution in [0.4, 0.5) is 0 Å². The Balaban J connectivity index is 1.19. The summed E-state index contributed by atoms with van der Waals surface area (Å²) in [6, 6.07) is 47.8. The lowest BCUT2D eigenvalue weighted by molar-refractivity contribution is -0.187. The summed E-state index contributed by atoms with van der Waals surface area (Å²) in [5, 5.41) is 21.1. The van der Waals surface area contributed by atoms with E-state index in [0.717, 1.165) is 22.3 Å². The van der Waals surface area contributed by atoms with Crippen molar-refractivity contribution in [3.05, 3.63) is 180 Å². The van der Waals surface area contributed by atoms with E-state index in [2.05, 4.69) is 0 Å². The molecule has 0 aromatic heterocycles. The van der Waals surface area contributed by atoms with E-state index in [1.165, 1.54) is 9.80 Å². The summed E-state index contributed by atoms with van der Waals surface area (Å²) in [7, 11) is 3.13. The monoisotopic (exact) mass is 862 g/mol. The van der Waals surface area contributed by atoms with Gasteiger partial charge in [-0.25, -0.2) is 0 Å². The van der Waals surface area contributed by atoms with Crippen LogP contribution in [0.5, 0.6) is 34.5 Å². The first-order chi connectivity index (χ1) is 31.1. The molecule has 6 aromatic rings. The molecule has 1 saturated carbocycles.